The van der Waals surface area contributed by atoms with E-state index in [0.29, 0.717) is 30.0 Å². The fraction of sp³-hybridized carbons (Fsp3) is 0.389. The first-order valence-electron chi connectivity index (χ1n) is 7.79. The third-order valence-electron chi connectivity index (χ3n) is 3.87. The van der Waals surface area contributed by atoms with Gasteiger partial charge in [0, 0.05) is 25.4 Å². The van der Waals surface area contributed by atoms with Crippen LogP contribution < -0.4 is 0 Å². The number of amides is 1. The zero-order valence-corrected chi connectivity index (χ0v) is 13.9. The second-order valence-electron chi connectivity index (χ2n) is 5.70. The molecule has 1 aromatic carbocycles. The van der Waals surface area contributed by atoms with Crippen molar-refractivity contribution in [1.82, 2.24) is 14.9 Å². The predicted octanol–water partition coefficient (Wildman–Crippen LogP) is 2.51. The SMILES string of the molecule is Cc1ncc(C(=O)N(Cc2ccccc2)C(C)CCO)c(C)n1. The van der Waals surface area contributed by atoms with Crippen LogP contribution in [-0.2, 0) is 6.54 Å². The van der Waals surface area contributed by atoms with Crippen LogP contribution >= 0.6 is 0 Å². The minimum atomic E-state index is -0.104. The second kappa shape index (κ2) is 7.83. The van der Waals surface area contributed by atoms with Crippen molar-refractivity contribution in [2.24, 2.45) is 0 Å². The molecule has 2 aromatic rings. The summed E-state index contributed by atoms with van der Waals surface area (Å²) in [6.07, 6.45) is 2.12. The average molecular weight is 313 g/mol. The molecule has 5 nitrogen and oxygen atoms in total. The Bertz CT molecular complexity index is 659. The van der Waals surface area contributed by atoms with Gasteiger partial charge in [0.05, 0.1) is 11.3 Å². The van der Waals surface area contributed by atoms with Crippen molar-refractivity contribution < 1.29 is 9.90 Å². The third-order valence-corrected chi connectivity index (χ3v) is 3.87. The summed E-state index contributed by atoms with van der Waals surface area (Å²) in [6, 6.07) is 9.76. The van der Waals surface area contributed by atoms with Gasteiger partial charge in [-0.05, 0) is 32.8 Å². The molecule has 0 spiro atoms. The predicted molar refractivity (Wildman–Crippen MR) is 89.0 cm³/mol. The highest BCUT2D eigenvalue weighted by Gasteiger charge is 2.23. The summed E-state index contributed by atoms with van der Waals surface area (Å²) < 4.78 is 0. The number of benzene rings is 1. The molecule has 5 heteroatoms. The summed E-state index contributed by atoms with van der Waals surface area (Å²) in [4.78, 5) is 23.2. The lowest BCUT2D eigenvalue weighted by Crippen LogP contribution is -2.39. The summed E-state index contributed by atoms with van der Waals surface area (Å²) in [5.74, 6) is 0.546. The van der Waals surface area contributed by atoms with Gasteiger partial charge < -0.3 is 10.0 Å². The van der Waals surface area contributed by atoms with Crippen molar-refractivity contribution in [2.45, 2.75) is 39.8 Å². The van der Waals surface area contributed by atoms with Gasteiger partial charge in [0.15, 0.2) is 0 Å². The highest BCUT2D eigenvalue weighted by atomic mass is 16.3. The Hall–Kier alpha value is -2.27. The lowest BCUT2D eigenvalue weighted by Gasteiger charge is -2.29. The van der Waals surface area contributed by atoms with Crippen LogP contribution in [0.3, 0.4) is 0 Å². The summed E-state index contributed by atoms with van der Waals surface area (Å²) >= 11 is 0. The lowest BCUT2D eigenvalue weighted by molar-refractivity contribution is 0.0647. The molecule has 0 radical (unpaired) electrons. The number of carbonyl (C=O) groups is 1. The lowest BCUT2D eigenvalue weighted by atomic mass is 10.1. The van der Waals surface area contributed by atoms with E-state index in [1.54, 1.807) is 18.0 Å². The molecule has 1 atom stereocenters. The minimum absolute atomic E-state index is 0.0448. The number of hydrogen-bond acceptors (Lipinski definition) is 4. The Labute approximate surface area is 137 Å². The van der Waals surface area contributed by atoms with Gasteiger partial charge in [-0.15, -0.1) is 0 Å². The largest absolute Gasteiger partial charge is 0.396 e. The Balaban J connectivity index is 2.30. The zero-order valence-electron chi connectivity index (χ0n) is 13.9. The van der Waals surface area contributed by atoms with Gasteiger partial charge in [0.25, 0.3) is 5.91 Å². The van der Waals surface area contributed by atoms with Gasteiger partial charge in [-0.25, -0.2) is 9.97 Å². The van der Waals surface area contributed by atoms with Crippen LogP contribution in [0.4, 0.5) is 0 Å². The molecule has 1 heterocycles. The van der Waals surface area contributed by atoms with Crippen molar-refractivity contribution in [2.75, 3.05) is 6.61 Å². The van der Waals surface area contributed by atoms with Crippen LogP contribution in [0, 0.1) is 13.8 Å². The molecule has 0 aliphatic heterocycles. The van der Waals surface area contributed by atoms with Crippen molar-refractivity contribution in [1.29, 1.82) is 0 Å². The maximum Gasteiger partial charge on any atom is 0.257 e. The molecule has 2 rings (SSSR count). The Kier molecular flexibility index (Phi) is 5.82. The molecule has 1 unspecified atom stereocenters. The van der Waals surface area contributed by atoms with Crippen LogP contribution in [0.15, 0.2) is 36.5 Å². The van der Waals surface area contributed by atoms with Crippen molar-refractivity contribution in [3.05, 3.63) is 59.2 Å². The summed E-state index contributed by atoms with van der Waals surface area (Å²) in [7, 11) is 0. The first-order chi connectivity index (χ1) is 11.0. The van der Waals surface area contributed by atoms with E-state index in [1.165, 1.54) is 0 Å². The summed E-state index contributed by atoms with van der Waals surface area (Å²) in [6.45, 7) is 6.11. The van der Waals surface area contributed by atoms with Crippen LogP contribution in [0.1, 0.15) is 40.8 Å². The zero-order chi connectivity index (χ0) is 16.8. The molecule has 122 valence electrons. The number of hydrogen-bond donors (Lipinski definition) is 1. The van der Waals surface area contributed by atoms with Crippen LogP contribution in [0.5, 0.6) is 0 Å². The van der Waals surface area contributed by atoms with E-state index in [-0.39, 0.29) is 18.6 Å². The Morgan fingerprint density at radius 1 is 1.26 bits per heavy atom. The molecular formula is C18H23N3O2. The molecular weight excluding hydrogens is 290 g/mol. The molecule has 1 amide bonds. The molecule has 0 fully saturated rings. The number of carbonyl (C=O) groups excluding carboxylic acids is 1. The van der Waals surface area contributed by atoms with E-state index in [9.17, 15) is 9.90 Å². The molecule has 1 aromatic heterocycles. The van der Waals surface area contributed by atoms with E-state index in [2.05, 4.69) is 9.97 Å². The number of aromatic nitrogens is 2. The smallest absolute Gasteiger partial charge is 0.257 e. The molecule has 0 aliphatic carbocycles. The molecule has 0 saturated carbocycles. The fourth-order valence-corrected chi connectivity index (χ4v) is 2.50. The van der Waals surface area contributed by atoms with Crippen molar-refractivity contribution in [3.8, 4) is 0 Å². The molecule has 23 heavy (non-hydrogen) atoms. The van der Waals surface area contributed by atoms with E-state index < -0.39 is 0 Å². The molecule has 1 N–H and O–H groups in total. The van der Waals surface area contributed by atoms with E-state index in [1.807, 2.05) is 44.2 Å². The number of nitrogens with zero attached hydrogens (tertiary/aromatic N) is 3. The Morgan fingerprint density at radius 2 is 1.96 bits per heavy atom. The highest BCUT2D eigenvalue weighted by molar-refractivity contribution is 5.95. The molecule has 0 saturated heterocycles. The molecule has 0 aliphatic rings. The van der Waals surface area contributed by atoms with Crippen LogP contribution in [-0.4, -0.2) is 38.5 Å². The maximum atomic E-state index is 13.0. The number of rotatable bonds is 6. The van der Waals surface area contributed by atoms with Crippen LogP contribution in [0.25, 0.3) is 0 Å². The quantitative estimate of drug-likeness (QED) is 0.890. The average Bonchev–Trinajstić information content (AvgIpc) is 2.53. The number of aliphatic hydroxyl groups excluding tert-OH is 1. The normalized spacial score (nSPS) is 12.0. The third kappa shape index (κ3) is 4.36. The number of aliphatic hydroxyl groups is 1. The minimum Gasteiger partial charge on any atom is -0.396 e. The van der Waals surface area contributed by atoms with E-state index in [4.69, 9.17) is 0 Å². The first-order valence-corrected chi connectivity index (χ1v) is 7.79. The summed E-state index contributed by atoms with van der Waals surface area (Å²) in [5, 5.41) is 9.23. The van der Waals surface area contributed by atoms with Crippen LogP contribution in [0.2, 0.25) is 0 Å². The maximum absolute atomic E-state index is 13.0. The summed E-state index contributed by atoms with van der Waals surface area (Å²) in [5.41, 5.74) is 2.24. The monoisotopic (exact) mass is 313 g/mol. The van der Waals surface area contributed by atoms with Gasteiger partial charge in [-0.3, -0.25) is 4.79 Å². The van der Waals surface area contributed by atoms with Crippen molar-refractivity contribution >= 4 is 5.91 Å². The number of aryl methyl sites for hydroxylation is 2. The standard InChI is InChI=1S/C18H23N3O2/c1-13(9-10-22)21(12-16-7-5-4-6-8-16)18(23)17-11-19-15(3)20-14(17)2/h4-8,11,13,22H,9-10,12H2,1-3H3. The second-order valence-corrected chi connectivity index (χ2v) is 5.70. The van der Waals surface area contributed by atoms with E-state index in [0.717, 1.165) is 5.56 Å². The van der Waals surface area contributed by atoms with Gasteiger partial charge >= 0.3 is 0 Å². The fourth-order valence-electron chi connectivity index (χ4n) is 2.50. The highest BCUT2D eigenvalue weighted by Crippen LogP contribution is 2.16. The first kappa shape index (κ1) is 17.1. The van der Waals surface area contributed by atoms with E-state index >= 15 is 0 Å². The van der Waals surface area contributed by atoms with Crippen molar-refractivity contribution in [3.63, 3.8) is 0 Å². The van der Waals surface area contributed by atoms with Gasteiger partial charge in [-0.1, -0.05) is 30.3 Å². The topological polar surface area (TPSA) is 66.3 Å². The van der Waals surface area contributed by atoms with Gasteiger partial charge in [0.2, 0.25) is 0 Å². The van der Waals surface area contributed by atoms with Gasteiger partial charge in [0.1, 0.15) is 5.82 Å². The Morgan fingerprint density at radius 3 is 2.57 bits per heavy atom. The molecule has 0 bridgehead atoms. The van der Waals surface area contributed by atoms with Gasteiger partial charge in [-0.2, -0.15) is 0 Å².